The second-order valence-electron chi connectivity index (χ2n) is 9.26. The maximum atomic E-state index is 14.7. The molecule has 1 aliphatic heterocycles. The van der Waals surface area contributed by atoms with Crippen molar-refractivity contribution in [2.45, 2.75) is 38.8 Å². The van der Waals surface area contributed by atoms with Gasteiger partial charge in [0.2, 0.25) is 0 Å². The van der Waals surface area contributed by atoms with Gasteiger partial charge >= 0.3 is 11.9 Å². The number of ether oxygens (including phenoxy) is 2. The quantitative estimate of drug-likeness (QED) is 0.330. The summed E-state index contributed by atoms with van der Waals surface area (Å²) < 4.78 is 40.0. The number of hydrogen-bond donors (Lipinski definition) is 3. The summed E-state index contributed by atoms with van der Waals surface area (Å²) in [4.78, 5) is 28.7. The van der Waals surface area contributed by atoms with Crippen LogP contribution in [0.2, 0.25) is 0 Å². The second-order valence-corrected chi connectivity index (χ2v) is 9.26. The Balaban J connectivity index is 1.74. The molecule has 3 aromatic rings. The molecule has 206 valence electrons. The zero-order valence-corrected chi connectivity index (χ0v) is 21.3. The van der Waals surface area contributed by atoms with Crippen LogP contribution < -0.4 is 20.1 Å². The van der Waals surface area contributed by atoms with Gasteiger partial charge in [0.05, 0.1) is 5.92 Å². The Bertz CT molecular complexity index is 1370. The minimum absolute atomic E-state index is 0.0322. The van der Waals surface area contributed by atoms with E-state index in [0.29, 0.717) is 43.2 Å². The van der Waals surface area contributed by atoms with E-state index in [0.717, 1.165) is 11.1 Å². The van der Waals surface area contributed by atoms with Gasteiger partial charge in [-0.25, -0.2) is 13.6 Å². The van der Waals surface area contributed by atoms with E-state index in [-0.39, 0.29) is 18.7 Å². The smallest absolute Gasteiger partial charge is 0.344 e. The maximum absolute atomic E-state index is 14.7. The first-order valence-corrected chi connectivity index (χ1v) is 12.5. The van der Waals surface area contributed by atoms with E-state index in [2.05, 4.69) is 4.98 Å². The van der Waals surface area contributed by atoms with Gasteiger partial charge in [0.25, 0.3) is 11.8 Å². The maximum Gasteiger partial charge on any atom is 0.344 e. The standard InChI is InChI=1S/C28H29F2N3O6/c1-2-24(28(36)37)39-26-23(30)13-22(29)25(32-26)38-21-11-19(17-6-3-5-16(9-17)14-31)10-20(12-21)33-8-4-7-18(15-33)27(34)35/h3,5-6,9-13,18,24H,2,4,7-8,14-15,31H2,1H3,(H,34,35)(H,36,37). The van der Waals surface area contributed by atoms with Gasteiger partial charge in [-0.1, -0.05) is 25.1 Å². The molecule has 0 aliphatic carbocycles. The predicted molar refractivity (Wildman–Crippen MR) is 139 cm³/mol. The molecule has 1 aromatic heterocycles. The first-order chi connectivity index (χ1) is 18.7. The fraction of sp³-hybridized carbons (Fsp3) is 0.321. The van der Waals surface area contributed by atoms with Gasteiger partial charge in [0.15, 0.2) is 17.7 Å². The number of benzene rings is 2. The van der Waals surface area contributed by atoms with Crippen LogP contribution >= 0.6 is 0 Å². The van der Waals surface area contributed by atoms with Crippen molar-refractivity contribution in [3.8, 4) is 28.6 Å². The molecule has 2 unspecified atom stereocenters. The number of nitrogens with zero attached hydrogens (tertiary/aromatic N) is 2. The number of aromatic nitrogens is 1. The van der Waals surface area contributed by atoms with Crippen LogP contribution in [0, 0.1) is 17.6 Å². The summed E-state index contributed by atoms with van der Waals surface area (Å²) in [5, 5.41) is 18.8. The van der Waals surface area contributed by atoms with Crippen LogP contribution in [0.25, 0.3) is 11.1 Å². The van der Waals surface area contributed by atoms with E-state index in [1.54, 1.807) is 19.1 Å². The number of hydrogen-bond acceptors (Lipinski definition) is 7. The zero-order chi connectivity index (χ0) is 28.1. The van der Waals surface area contributed by atoms with Crippen molar-refractivity contribution in [1.29, 1.82) is 0 Å². The fourth-order valence-corrected chi connectivity index (χ4v) is 4.43. The minimum Gasteiger partial charge on any atom is -0.481 e. The van der Waals surface area contributed by atoms with E-state index >= 15 is 0 Å². The molecule has 1 fully saturated rings. The fourth-order valence-electron chi connectivity index (χ4n) is 4.43. The van der Waals surface area contributed by atoms with Crippen molar-refractivity contribution < 1.29 is 38.1 Å². The molecule has 0 spiro atoms. The van der Waals surface area contributed by atoms with Crippen molar-refractivity contribution in [2.75, 3.05) is 18.0 Å². The molecule has 2 aromatic carbocycles. The Hall–Kier alpha value is -4.25. The number of nitrogens with two attached hydrogens (primary N) is 1. The molecule has 4 N–H and O–H groups in total. The molecular formula is C28H29F2N3O6. The number of halogens is 2. The van der Waals surface area contributed by atoms with Gasteiger partial charge in [0, 0.05) is 37.5 Å². The van der Waals surface area contributed by atoms with E-state index < -0.39 is 47.4 Å². The lowest BCUT2D eigenvalue weighted by Crippen LogP contribution is -2.38. The highest BCUT2D eigenvalue weighted by Crippen LogP contribution is 2.36. The highest BCUT2D eigenvalue weighted by atomic mass is 19.1. The van der Waals surface area contributed by atoms with Gasteiger partial charge in [-0.2, -0.15) is 4.98 Å². The molecule has 2 heterocycles. The van der Waals surface area contributed by atoms with Crippen LogP contribution in [0.15, 0.2) is 48.5 Å². The van der Waals surface area contributed by atoms with Gasteiger partial charge in [-0.15, -0.1) is 0 Å². The lowest BCUT2D eigenvalue weighted by Gasteiger charge is -2.33. The van der Waals surface area contributed by atoms with Crippen LogP contribution in [0.5, 0.6) is 17.5 Å². The average Bonchev–Trinajstić information content (AvgIpc) is 2.93. The number of aliphatic carboxylic acids is 2. The van der Waals surface area contributed by atoms with E-state index in [1.807, 2.05) is 35.2 Å². The predicted octanol–water partition coefficient (Wildman–Crippen LogP) is 4.82. The SMILES string of the molecule is CCC(Oc1nc(Oc2cc(-c3cccc(CN)c3)cc(N3CCCC(C(=O)O)C3)c2)c(F)cc1F)C(=O)O. The molecule has 0 saturated carbocycles. The lowest BCUT2D eigenvalue weighted by atomic mass is 9.96. The minimum atomic E-state index is -1.38. The summed E-state index contributed by atoms with van der Waals surface area (Å²) >= 11 is 0. The molecule has 9 nitrogen and oxygen atoms in total. The molecule has 0 amide bonds. The number of carboxylic acid groups (broad SMARTS) is 2. The molecule has 2 atom stereocenters. The van der Waals surface area contributed by atoms with Gasteiger partial charge in [0.1, 0.15) is 5.75 Å². The van der Waals surface area contributed by atoms with Crippen LogP contribution in [0.1, 0.15) is 31.7 Å². The molecule has 1 aliphatic rings. The molecule has 0 bridgehead atoms. The van der Waals surface area contributed by atoms with Crippen molar-refractivity contribution in [2.24, 2.45) is 11.7 Å². The van der Waals surface area contributed by atoms with Gasteiger partial charge < -0.3 is 30.3 Å². The highest BCUT2D eigenvalue weighted by Gasteiger charge is 2.27. The summed E-state index contributed by atoms with van der Waals surface area (Å²) in [5.41, 5.74) is 8.86. The largest absolute Gasteiger partial charge is 0.481 e. The summed E-state index contributed by atoms with van der Waals surface area (Å²) in [6, 6.07) is 13.2. The Morgan fingerprint density at radius 1 is 1.10 bits per heavy atom. The Labute approximate surface area is 223 Å². The molecule has 39 heavy (non-hydrogen) atoms. The van der Waals surface area contributed by atoms with Crippen molar-refractivity contribution in [3.63, 3.8) is 0 Å². The summed E-state index contributed by atoms with van der Waals surface area (Å²) in [5.74, 6) is -6.15. The van der Waals surface area contributed by atoms with Crippen molar-refractivity contribution in [3.05, 3.63) is 65.7 Å². The molecule has 1 saturated heterocycles. The molecule has 4 rings (SSSR count). The Morgan fingerprint density at radius 3 is 2.56 bits per heavy atom. The second kappa shape index (κ2) is 12.1. The summed E-state index contributed by atoms with van der Waals surface area (Å²) in [7, 11) is 0. The number of carbonyl (C=O) groups is 2. The van der Waals surface area contributed by atoms with Gasteiger partial charge in [-0.3, -0.25) is 4.79 Å². The number of piperidine rings is 1. The highest BCUT2D eigenvalue weighted by molar-refractivity contribution is 5.74. The topological polar surface area (TPSA) is 135 Å². The monoisotopic (exact) mass is 541 g/mol. The van der Waals surface area contributed by atoms with Crippen molar-refractivity contribution in [1.82, 2.24) is 4.98 Å². The molecular weight excluding hydrogens is 512 g/mol. The lowest BCUT2D eigenvalue weighted by molar-refractivity contribution is -0.145. The number of anilines is 1. The summed E-state index contributed by atoms with van der Waals surface area (Å²) in [6.07, 6.45) is -0.103. The van der Waals surface area contributed by atoms with Gasteiger partial charge in [-0.05, 0) is 54.2 Å². The number of pyridine rings is 1. The first-order valence-electron chi connectivity index (χ1n) is 12.5. The number of carboxylic acids is 2. The van der Waals surface area contributed by atoms with Crippen LogP contribution in [-0.2, 0) is 16.1 Å². The zero-order valence-electron chi connectivity index (χ0n) is 21.3. The van der Waals surface area contributed by atoms with Crippen LogP contribution in [-0.4, -0.2) is 46.3 Å². The Morgan fingerprint density at radius 2 is 1.87 bits per heavy atom. The van der Waals surface area contributed by atoms with E-state index in [4.69, 9.17) is 15.2 Å². The number of rotatable bonds is 10. The summed E-state index contributed by atoms with van der Waals surface area (Å²) in [6.45, 7) is 2.77. The molecule has 11 heteroatoms. The van der Waals surface area contributed by atoms with Crippen molar-refractivity contribution >= 4 is 17.6 Å². The normalized spacial score (nSPS) is 16.0. The first kappa shape index (κ1) is 27.8. The van der Waals surface area contributed by atoms with Crippen LogP contribution in [0.3, 0.4) is 0 Å². The third-order valence-corrected chi connectivity index (χ3v) is 6.50. The molecule has 0 radical (unpaired) electrons. The van der Waals surface area contributed by atoms with Crippen LogP contribution in [0.4, 0.5) is 14.5 Å². The third-order valence-electron chi connectivity index (χ3n) is 6.50. The van der Waals surface area contributed by atoms with E-state index in [9.17, 15) is 28.6 Å². The Kier molecular flexibility index (Phi) is 8.60. The average molecular weight is 542 g/mol. The van der Waals surface area contributed by atoms with E-state index in [1.165, 1.54) is 0 Å². The third kappa shape index (κ3) is 6.61.